The summed E-state index contributed by atoms with van der Waals surface area (Å²) in [4.78, 5) is 25.7. The zero-order chi connectivity index (χ0) is 14.8. The molecule has 20 heavy (non-hydrogen) atoms. The van der Waals surface area contributed by atoms with Crippen molar-refractivity contribution in [2.24, 2.45) is 0 Å². The summed E-state index contributed by atoms with van der Waals surface area (Å²) in [6, 6.07) is 0.328. The lowest BCUT2D eigenvalue weighted by atomic mass is 10.1. The van der Waals surface area contributed by atoms with Gasteiger partial charge in [0.05, 0.1) is 6.42 Å². The third-order valence-electron chi connectivity index (χ3n) is 4.28. The van der Waals surface area contributed by atoms with Gasteiger partial charge in [-0.15, -0.1) is 0 Å². The van der Waals surface area contributed by atoms with Crippen LogP contribution in [0.4, 0.5) is 0 Å². The van der Waals surface area contributed by atoms with E-state index in [1.807, 2.05) is 4.90 Å². The molecule has 1 atom stereocenters. The van der Waals surface area contributed by atoms with Crippen LogP contribution in [0.5, 0.6) is 0 Å². The van der Waals surface area contributed by atoms with E-state index in [1.165, 1.54) is 32.1 Å². The maximum Gasteiger partial charge on any atom is 0.230 e. The van der Waals surface area contributed by atoms with Crippen LogP contribution in [0.3, 0.4) is 0 Å². The molecule has 0 aromatic carbocycles. The van der Waals surface area contributed by atoms with E-state index in [0.29, 0.717) is 12.5 Å². The second-order valence-corrected chi connectivity index (χ2v) is 6.17. The fraction of sp³-hybridized carbons (Fsp3) is 0.882. The second-order valence-electron chi connectivity index (χ2n) is 6.17. The van der Waals surface area contributed by atoms with Crippen molar-refractivity contribution in [2.45, 2.75) is 90.5 Å². The number of carbonyl (C=O) groups is 2. The molecule has 0 aliphatic carbocycles. The van der Waals surface area contributed by atoms with Gasteiger partial charge in [0.1, 0.15) is 5.78 Å². The smallest absolute Gasteiger partial charge is 0.230 e. The first kappa shape index (κ1) is 17.2. The highest BCUT2D eigenvalue weighted by molar-refractivity contribution is 5.98. The van der Waals surface area contributed by atoms with Gasteiger partial charge in [-0.05, 0) is 26.2 Å². The molecule has 1 aliphatic heterocycles. The largest absolute Gasteiger partial charge is 0.340 e. The summed E-state index contributed by atoms with van der Waals surface area (Å²) in [6.45, 7) is 5.13. The van der Waals surface area contributed by atoms with Crippen LogP contribution in [-0.4, -0.2) is 29.2 Å². The van der Waals surface area contributed by atoms with Crippen LogP contribution in [0.25, 0.3) is 0 Å². The standard InChI is InChI=1S/C17H31NO2/c1-3-4-5-6-7-8-9-12-16(19)14-17(20)18-13-10-11-15(18)2/h15H,3-14H2,1-2H3. The minimum absolute atomic E-state index is 0.0444. The van der Waals surface area contributed by atoms with Crippen LogP contribution in [0.15, 0.2) is 0 Å². The fourth-order valence-electron chi connectivity index (χ4n) is 2.94. The van der Waals surface area contributed by atoms with E-state index in [9.17, 15) is 9.59 Å². The van der Waals surface area contributed by atoms with Gasteiger partial charge in [-0.25, -0.2) is 0 Å². The Balaban J connectivity index is 2.04. The zero-order valence-electron chi connectivity index (χ0n) is 13.3. The maximum absolute atomic E-state index is 12.0. The van der Waals surface area contributed by atoms with Crippen molar-refractivity contribution in [1.82, 2.24) is 4.90 Å². The van der Waals surface area contributed by atoms with Crippen LogP contribution in [0.1, 0.15) is 84.5 Å². The Kier molecular flexibility index (Phi) is 8.56. The highest BCUT2D eigenvalue weighted by Crippen LogP contribution is 2.18. The third-order valence-corrected chi connectivity index (χ3v) is 4.28. The molecule has 1 aliphatic rings. The molecule has 1 saturated heterocycles. The summed E-state index contributed by atoms with van der Waals surface area (Å²) in [6.07, 6.45) is 11.4. The third kappa shape index (κ3) is 6.53. The van der Waals surface area contributed by atoms with Crippen molar-refractivity contribution in [1.29, 1.82) is 0 Å². The molecule has 3 nitrogen and oxygen atoms in total. The first-order valence-electron chi connectivity index (χ1n) is 8.46. The minimum Gasteiger partial charge on any atom is -0.340 e. The quantitative estimate of drug-likeness (QED) is 0.446. The first-order valence-corrected chi connectivity index (χ1v) is 8.46. The van der Waals surface area contributed by atoms with Gasteiger partial charge in [-0.1, -0.05) is 45.4 Å². The number of amides is 1. The van der Waals surface area contributed by atoms with Crippen LogP contribution >= 0.6 is 0 Å². The van der Waals surface area contributed by atoms with Gasteiger partial charge in [0, 0.05) is 19.0 Å². The highest BCUT2D eigenvalue weighted by atomic mass is 16.2. The number of rotatable bonds is 10. The van der Waals surface area contributed by atoms with Crippen molar-refractivity contribution >= 4 is 11.7 Å². The average molecular weight is 281 g/mol. The summed E-state index contributed by atoms with van der Waals surface area (Å²) in [7, 11) is 0. The molecule has 1 unspecified atom stereocenters. The normalized spacial score (nSPS) is 18.5. The number of hydrogen-bond acceptors (Lipinski definition) is 2. The van der Waals surface area contributed by atoms with Gasteiger partial charge < -0.3 is 4.90 Å². The summed E-state index contributed by atoms with van der Waals surface area (Å²) in [5.74, 6) is 0.172. The zero-order valence-corrected chi connectivity index (χ0v) is 13.3. The number of nitrogens with zero attached hydrogens (tertiary/aromatic N) is 1. The Morgan fingerprint density at radius 1 is 1.05 bits per heavy atom. The molecule has 0 N–H and O–H groups in total. The molecular formula is C17H31NO2. The summed E-state index contributed by atoms with van der Waals surface area (Å²) in [5.41, 5.74) is 0. The molecule has 116 valence electrons. The SMILES string of the molecule is CCCCCCCCCC(=O)CC(=O)N1CCCC1C. The highest BCUT2D eigenvalue weighted by Gasteiger charge is 2.25. The van der Waals surface area contributed by atoms with E-state index in [2.05, 4.69) is 13.8 Å². The van der Waals surface area contributed by atoms with E-state index in [4.69, 9.17) is 0 Å². The Morgan fingerprint density at radius 2 is 1.70 bits per heavy atom. The number of likely N-dealkylation sites (tertiary alicyclic amines) is 1. The van der Waals surface area contributed by atoms with E-state index in [0.717, 1.165) is 32.2 Å². The lowest BCUT2D eigenvalue weighted by molar-refractivity contribution is -0.135. The van der Waals surface area contributed by atoms with Crippen LogP contribution in [-0.2, 0) is 9.59 Å². The summed E-state index contributed by atoms with van der Waals surface area (Å²) < 4.78 is 0. The number of hydrogen-bond donors (Lipinski definition) is 0. The molecule has 1 amide bonds. The van der Waals surface area contributed by atoms with Crippen molar-refractivity contribution in [3.8, 4) is 0 Å². The van der Waals surface area contributed by atoms with Gasteiger partial charge in [0.2, 0.25) is 5.91 Å². The Morgan fingerprint density at radius 3 is 2.30 bits per heavy atom. The predicted molar refractivity (Wildman–Crippen MR) is 82.6 cm³/mol. The maximum atomic E-state index is 12.0. The molecule has 1 fully saturated rings. The van der Waals surface area contributed by atoms with Gasteiger partial charge >= 0.3 is 0 Å². The number of unbranched alkanes of at least 4 members (excludes halogenated alkanes) is 6. The number of ketones is 1. The van der Waals surface area contributed by atoms with Gasteiger partial charge in [0.15, 0.2) is 0 Å². The minimum atomic E-state index is 0.0444. The molecule has 3 heteroatoms. The monoisotopic (exact) mass is 281 g/mol. The van der Waals surface area contributed by atoms with E-state index < -0.39 is 0 Å². The van der Waals surface area contributed by atoms with Crippen LogP contribution in [0, 0.1) is 0 Å². The lowest BCUT2D eigenvalue weighted by Gasteiger charge is -2.20. The molecule has 1 rings (SSSR count). The number of Topliss-reactive ketones (excluding diaryl/α,β-unsaturated/α-hetero) is 1. The molecule has 1 heterocycles. The molecule has 0 saturated carbocycles. The molecule has 0 aromatic heterocycles. The van der Waals surface area contributed by atoms with Crippen molar-refractivity contribution < 1.29 is 9.59 Å². The predicted octanol–water partition coefficient (Wildman–Crippen LogP) is 4.10. The fourth-order valence-corrected chi connectivity index (χ4v) is 2.94. The molecule has 0 aromatic rings. The summed E-state index contributed by atoms with van der Waals surface area (Å²) in [5, 5.41) is 0. The van der Waals surface area contributed by atoms with Crippen LogP contribution in [0.2, 0.25) is 0 Å². The van der Waals surface area contributed by atoms with Crippen molar-refractivity contribution in [2.75, 3.05) is 6.54 Å². The molecule has 0 radical (unpaired) electrons. The first-order chi connectivity index (χ1) is 9.65. The second kappa shape index (κ2) is 9.95. The average Bonchev–Trinajstić information content (AvgIpc) is 2.84. The van der Waals surface area contributed by atoms with E-state index in [-0.39, 0.29) is 18.1 Å². The summed E-state index contributed by atoms with van der Waals surface area (Å²) >= 11 is 0. The lowest BCUT2D eigenvalue weighted by Crippen LogP contribution is -2.34. The Labute approximate surface area is 124 Å². The topological polar surface area (TPSA) is 37.4 Å². The molecule has 0 spiro atoms. The Hall–Kier alpha value is -0.860. The molecule has 0 bridgehead atoms. The Bertz CT molecular complexity index is 301. The van der Waals surface area contributed by atoms with Gasteiger partial charge in [-0.2, -0.15) is 0 Å². The number of carbonyl (C=O) groups excluding carboxylic acids is 2. The van der Waals surface area contributed by atoms with E-state index >= 15 is 0 Å². The van der Waals surface area contributed by atoms with Gasteiger partial charge in [-0.3, -0.25) is 9.59 Å². The van der Waals surface area contributed by atoms with Crippen LogP contribution < -0.4 is 0 Å². The van der Waals surface area contributed by atoms with Gasteiger partial charge in [0.25, 0.3) is 0 Å². The molecular weight excluding hydrogens is 250 g/mol. The van der Waals surface area contributed by atoms with E-state index in [1.54, 1.807) is 0 Å². The van der Waals surface area contributed by atoms with Crippen molar-refractivity contribution in [3.63, 3.8) is 0 Å². The van der Waals surface area contributed by atoms with Crippen molar-refractivity contribution in [3.05, 3.63) is 0 Å².